The lowest BCUT2D eigenvalue weighted by atomic mass is 10.0. The Balaban J connectivity index is 1.37. The maximum absolute atomic E-state index is 12.7. The largest absolute Gasteiger partial charge is 0.439 e. The van der Waals surface area contributed by atoms with Gasteiger partial charge < -0.3 is 14.2 Å². The zero-order valence-corrected chi connectivity index (χ0v) is 16.2. The molecule has 27 heavy (non-hydrogen) atoms. The summed E-state index contributed by atoms with van der Waals surface area (Å²) in [6.45, 7) is 1.47. The van der Waals surface area contributed by atoms with Crippen molar-refractivity contribution >= 4 is 21.8 Å². The molecule has 1 fully saturated rings. The van der Waals surface area contributed by atoms with Gasteiger partial charge in [-0.25, -0.2) is 9.97 Å². The van der Waals surface area contributed by atoms with Gasteiger partial charge >= 0.3 is 0 Å². The highest BCUT2D eigenvalue weighted by Crippen LogP contribution is 2.25. The number of hydrogen-bond donors (Lipinski definition) is 0. The molecule has 4 rings (SSSR count). The van der Waals surface area contributed by atoms with Crippen LogP contribution in [0.2, 0.25) is 0 Å². The summed E-state index contributed by atoms with van der Waals surface area (Å²) in [6, 6.07) is 11.5. The quantitative estimate of drug-likeness (QED) is 0.623. The number of imidazole rings is 1. The van der Waals surface area contributed by atoms with Crippen LogP contribution in [-0.2, 0) is 0 Å². The van der Waals surface area contributed by atoms with Crippen LogP contribution >= 0.6 is 15.9 Å². The average Bonchev–Trinajstić information content (AvgIpc) is 3.23. The number of carbonyl (C=O) groups excluding carboxylic acids is 1. The van der Waals surface area contributed by atoms with Crippen molar-refractivity contribution in [1.29, 1.82) is 0 Å². The lowest BCUT2D eigenvalue weighted by Gasteiger charge is -2.32. The second-order valence-corrected chi connectivity index (χ2v) is 7.39. The zero-order valence-electron chi connectivity index (χ0n) is 14.7. The minimum atomic E-state index is 0.0144. The summed E-state index contributed by atoms with van der Waals surface area (Å²) in [5, 5.41) is 0. The Bertz CT molecular complexity index is 904. The standard InChI is InChI=1S/C20H19BrN4O2/c21-16-2-1-3-18(12-16)27-19-5-4-15(13-23-19)20(26)24-9-6-17(7-10-24)25-11-8-22-14-25/h1-5,8,11-14,17H,6-7,9-10H2. The summed E-state index contributed by atoms with van der Waals surface area (Å²) < 4.78 is 8.78. The molecule has 1 aromatic carbocycles. The minimum Gasteiger partial charge on any atom is -0.439 e. The average molecular weight is 427 g/mol. The monoisotopic (exact) mass is 426 g/mol. The second kappa shape index (κ2) is 7.92. The highest BCUT2D eigenvalue weighted by molar-refractivity contribution is 9.10. The Morgan fingerprint density at radius 2 is 2.04 bits per heavy atom. The zero-order chi connectivity index (χ0) is 18.6. The van der Waals surface area contributed by atoms with Gasteiger partial charge in [-0.05, 0) is 37.1 Å². The van der Waals surface area contributed by atoms with E-state index >= 15 is 0 Å². The fourth-order valence-corrected chi connectivity index (χ4v) is 3.63. The Hall–Kier alpha value is -2.67. The van der Waals surface area contributed by atoms with Gasteiger partial charge in [0.25, 0.3) is 5.91 Å². The number of amides is 1. The third-order valence-corrected chi connectivity index (χ3v) is 5.19. The molecule has 6 nitrogen and oxygen atoms in total. The number of carbonyl (C=O) groups is 1. The van der Waals surface area contributed by atoms with E-state index in [4.69, 9.17) is 4.74 Å². The molecule has 2 aromatic heterocycles. The molecule has 0 saturated carbocycles. The number of hydrogen-bond acceptors (Lipinski definition) is 4. The molecular weight excluding hydrogens is 408 g/mol. The van der Waals surface area contributed by atoms with Gasteiger partial charge in [-0.1, -0.05) is 22.0 Å². The smallest absolute Gasteiger partial charge is 0.255 e. The molecule has 7 heteroatoms. The van der Waals surface area contributed by atoms with Crippen LogP contribution in [0.4, 0.5) is 0 Å². The Morgan fingerprint density at radius 3 is 2.70 bits per heavy atom. The molecule has 3 heterocycles. The first-order valence-corrected chi connectivity index (χ1v) is 9.64. The minimum absolute atomic E-state index is 0.0144. The molecule has 3 aromatic rings. The fraction of sp³-hybridized carbons (Fsp3) is 0.250. The van der Waals surface area contributed by atoms with Crippen LogP contribution in [0.25, 0.3) is 0 Å². The lowest BCUT2D eigenvalue weighted by Crippen LogP contribution is -2.38. The van der Waals surface area contributed by atoms with E-state index in [2.05, 4.69) is 30.5 Å². The second-order valence-electron chi connectivity index (χ2n) is 6.48. The molecule has 0 unspecified atom stereocenters. The summed E-state index contributed by atoms with van der Waals surface area (Å²) in [5.41, 5.74) is 0.581. The number of ether oxygens (including phenoxy) is 1. The van der Waals surface area contributed by atoms with Crippen molar-refractivity contribution in [2.75, 3.05) is 13.1 Å². The van der Waals surface area contributed by atoms with Gasteiger partial charge in [0, 0.05) is 48.3 Å². The van der Waals surface area contributed by atoms with Crippen molar-refractivity contribution in [3.05, 3.63) is 71.4 Å². The molecule has 1 aliphatic rings. The van der Waals surface area contributed by atoms with Crippen molar-refractivity contribution in [2.45, 2.75) is 18.9 Å². The summed E-state index contributed by atoms with van der Waals surface area (Å²) in [7, 11) is 0. The molecule has 0 radical (unpaired) electrons. The van der Waals surface area contributed by atoms with Gasteiger partial charge in [-0.3, -0.25) is 4.79 Å². The van der Waals surface area contributed by atoms with Crippen LogP contribution in [0.15, 0.2) is 65.8 Å². The molecule has 1 saturated heterocycles. The number of aromatic nitrogens is 3. The van der Waals surface area contributed by atoms with E-state index in [0.717, 1.165) is 30.4 Å². The highest BCUT2D eigenvalue weighted by atomic mass is 79.9. The number of rotatable bonds is 4. The number of pyridine rings is 1. The highest BCUT2D eigenvalue weighted by Gasteiger charge is 2.24. The van der Waals surface area contributed by atoms with E-state index in [0.29, 0.717) is 23.2 Å². The molecule has 0 N–H and O–H groups in total. The summed E-state index contributed by atoms with van der Waals surface area (Å²) >= 11 is 3.41. The topological polar surface area (TPSA) is 60.2 Å². The van der Waals surface area contributed by atoms with Crippen LogP contribution < -0.4 is 4.74 Å². The summed E-state index contributed by atoms with van der Waals surface area (Å²) in [4.78, 5) is 23.0. The fourth-order valence-electron chi connectivity index (χ4n) is 3.25. The maximum atomic E-state index is 12.7. The van der Waals surface area contributed by atoms with Crippen molar-refractivity contribution in [3.8, 4) is 11.6 Å². The lowest BCUT2D eigenvalue weighted by molar-refractivity contribution is 0.0694. The number of piperidine rings is 1. The van der Waals surface area contributed by atoms with E-state index in [1.54, 1.807) is 24.5 Å². The van der Waals surface area contributed by atoms with E-state index in [9.17, 15) is 4.79 Å². The van der Waals surface area contributed by atoms with E-state index < -0.39 is 0 Å². The molecule has 0 atom stereocenters. The van der Waals surface area contributed by atoms with Gasteiger partial charge in [-0.2, -0.15) is 0 Å². The first-order valence-electron chi connectivity index (χ1n) is 8.85. The van der Waals surface area contributed by atoms with Crippen LogP contribution in [0.5, 0.6) is 11.6 Å². The Kier molecular flexibility index (Phi) is 5.20. The van der Waals surface area contributed by atoms with Gasteiger partial charge in [-0.15, -0.1) is 0 Å². The molecule has 1 amide bonds. The van der Waals surface area contributed by atoms with Crippen LogP contribution in [-0.4, -0.2) is 38.4 Å². The van der Waals surface area contributed by atoms with Gasteiger partial charge in [0.15, 0.2) is 0 Å². The van der Waals surface area contributed by atoms with Crippen molar-refractivity contribution < 1.29 is 9.53 Å². The number of halogens is 1. The predicted octanol–water partition coefficient (Wildman–Crippen LogP) is 4.31. The molecule has 138 valence electrons. The number of benzene rings is 1. The summed E-state index contributed by atoms with van der Waals surface area (Å²) in [6.07, 6.45) is 9.06. The van der Waals surface area contributed by atoms with Crippen LogP contribution in [0.3, 0.4) is 0 Å². The molecule has 0 aliphatic carbocycles. The van der Waals surface area contributed by atoms with Gasteiger partial charge in [0.1, 0.15) is 5.75 Å². The molecular formula is C20H19BrN4O2. The van der Waals surface area contributed by atoms with Crippen molar-refractivity contribution in [1.82, 2.24) is 19.4 Å². The Labute approximate surface area is 165 Å². The van der Waals surface area contributed by atoms with Crippen LogP contribution in [0, 0.1) is 0 Å². The van der Waals surface area contributed by atoms with Gasteiger partial charge in [0.05, 0.1) is 11.9 Å². The molecule has 0 spiro atoms. The summed E-state index contributed by atoms with van der Waals surface area (Å²) in [5.74, 6) is 1.17. The predicted molar refractivity (Wildman–Crippen MR) is 105 cm³/mol. The molecule has 0 bridgehead atoms. The number of nitrogens with zero attached hydrogens (tertiary/aromatic N) is 4. The SMILES string of the molecule is O=C(c1ccc(Oc2cccc(Br)c2)nc1)N1CCC(n2ccnc2)CC1. The first kappa shape index (κ1) is 17.7. The van der Waals surface area contributed by atoms with Crippen molar-refractivity contribution in [3.63, 3.8) is 0 Å². The van der Waals surface area contributed by atoms with E-state index in [-0.39, 0.29) is 5.91 Å². The van der Waals surface area contributed by atoms with E-state index in [1.165, 1.54) is 0 Å². The third kappa shape index (κ3) is 4.19. The van der Waals surface area contributed by atoms with Crippen LogP contribution in [0.1, 0.15) is 29.2 Å². The molecule has 1 aliphatic heterocycles. The Morgan fingerprint density at radius 1 is 1.19 bits per heavy atom. The van der Waals surface area contributed by atoms with E-state index in [1.807, 2.05) is 41.7 Å². The van der Waals surface area contributed by atoms with Crippen molar-refractivity contribution in [2.24, 2.45) is 0 Å². The maximum Gasteiger partial charge on any atom is 0.255 e. The third-order valence-electron chi connectivity index (χ3n) is 4.70. The number of likely N-dealkylation sites (tertiary alicyclic amines) is 1. The first-order chi connectivity index (χ1) is 13.2. The van der Waals surface area contributed by atoms with Gasteiger partial charge in [0.2, 0.25) is 5.88 Å². The normalized spacial score (nSPS) is 14.9.